The van der Waals surface area contributed by atoms with Crippen molar-refractivity contribution in [1.29, 1.82) is 0 Å². The van der Waals surface area contributed by atoms with Crippen molar-refractivity contribution in [3.63, 3.8) is 0 Å². The van der Waals surface area contributed by atoms with E-state index in [1.54, 1.807) is 30.7 Å². The summed E-state index contributed by atoms with van der Waals surface area (Å²) in [5.74, 6) is 0.778. The molecular weight excluding hydrogens is 294 g/mol. The molecule has 0 atom stereocenters. The molecule has 1 N–H and O–H groups in total. The molecule has 116 valence electrons. The number of aromatic nitrogens is 4. The summed E-state index contributed by atoms with van der Waals surface area (Å²) >= 11 is 0. The third kappa shape index (κ3) is 4.19. The number of hydrogen-bond acceptors (Lipinski definition) is 6. The van der Waals surface area contributed by atoms with Gasteiger partial charge in [0.1, 0.15) is 0 Å². The molecule has 0 bridgehead atoms. The Morgan fingerprint density at radius 3 is 2.74 bits per heavy atom. The van der Waals surface area contributed by atoms with E-state index in [0.717, 1.165) is 11.3 Å². The van der Waals surface area contributed by atoms with E-state index in [9.17, 15) is 4.79 Å². The van der Waals surface area contributed by atoms with Crippen LogP contribution in [0.1, 0.15) is 18.0 Å². The van der Waals surface area contributed by atoms with Crippen LogP contribution in [0, 0.1) is 0 Å². The Balaban J connectivity index is 1.49. The van der Waals surface area contributed by atoms with Gasteiger partial charge in [0.05, 0.1) is 12.2 Å². The van der Waals surface area contributed by atoms with Crippen molar-refractivity contribution >= 4 is 5.91 Å². The molecule has 23 heavy (non-hydrogen) atoms. The highest BCUT2D eigenvalue weighted by molar-refractivity contribution is 5.75. The number of carbonyl (C=O) groups excluding carboxylic acids is 1. The van der Waals surface area contributed by atoms with Crippen LogP contribution in [0.25, 0.3) is 11.5 Å². The summed E-state index contributed by atoms with van der Waals surface area (Å²) in [6, 6.07) is 9.15. The van der Waals surface area contributed by atoms with E-state index >= 15 is 0 Å². The lowest BCUT2D eigenvalue weighted by atomic mass is 10.3. The summed E-state index contributed by atoms with van der Waals surface area (Å²) in [5.41, 5.74) is 1.62. The SMILES string of the molecule is O=C(CCc1nnc(-c2ccncc2)o1)NCc1ccccn1. The van der Waals surface area contributed by atoms with Crippen molar-refractivity contribution in [2.24, 2.45) is 0 Å². The van der Waals surface area contributed by atoms with Crippen molar-refractivity contribution in [1.82, 2.24) is 25.5 Å². The number of hydrogen-bond donors (Lipinski definition) is 1. The summed E-state index contributed by atoms with van der Waals surface area (Å²) in [5, 5.41) is 10.7. The van der Waals surface area contributed by atoms with Gasteiger partial charge in [-0.05, 0) is 24.3 Å². The third-order valence-corrected chi connectivity index (χ3v) is 3.15. The fraction of sp³-hybridized carbons (Fsp3) is 0.188. The van der Waals surface area contributed by atoms with E-state index in [4.69, 9.17) is 4.42 Å². The summed E-state index contributed by atoms with van der Waals surface area (Å²) in [6.07, 6.45) is 5.69. The van der Waals surface area contributed by atoms with Gasteiger partial charge in [0.2, 0.25) is 17.7 Å². The zero-order valence-corrected chi connectivity index (χ0v) is 12.3. The van der Waals surface area contributed by atoms with E-state index in [0.29, 0.717) is 24.7 Å². The number of aryl methyl sites for hydroxylation is 1. The van der Waals surface area contributed by atoms with Gasteiger partial charge in [-0.1, -0.05) is 6.07 Å². The molecule has 0 unspecified atom stereocenters. The van der Waals surface area contributed by atoms with Crippen LogP contribution in [0.5, 0.6) is 0 Å². The van der Waals surface area contributed by atoms with Gasteiger partial charge in [0, 0.05) is 37.0 Å². The number of amides is 1. The molecule has 0 aliphatic heterocycles. The average Bonchev–Trinajstić information content (AvgIpc) is 3.09. The van der Waals surface area contributed by atoms with Gasteiger partial charge >= 0.3 is 0 Å². The van der Waals surface area contributed by atoms with Crippen LogP contribution < -0.4 is 5.32 Å². The molecular formula is C16H15N5O2. The Morgan fingerprint density at radius 1 is 1.09 bits per heavy atom. The van der Waals surface area contributed by atoms with E-state index in [2.05, 4.69) is 25.5 Å². The lowest BCUT2D eigenvalue weighted by Crippen LogP contribution is -2.23. The lowest BCUT2D eigenvalue weighted by Gasteiger charge is -2.03. The fourth-order valence-electron chi connectivity index (χ4n) is 1.97. The Bertz CT molecular complexity index is 758. The molecule has 3 aromatic rings. The Labute approximate surface area is 132 Å². The first-order valence-electron chi connectivity index (χ1n) is 7.20. The van der Waals surface area contributed by atoms with Crippen molar-refractivity contribution in [3.05, 3.63) is 60.5 Å². The fourth-order valence-corrected chi connectivity index (χ4v) is 1.97. The van der Waals surface area contributed by atoms with Crippen molar-refractivity contribution in [3.8, 4) is 11.5 Å². The van der Waals surface area contributed by atoms with Crippen LogP contribution in [0.4, 0.5) is 0 Å². The van der Waals surface area contributed by atoms with Gasteiger partial charge in [-0.15, -0.1) is 10.2 Å². The number of pyridine rings is 2. The van der Waals surface area contributed by atoms with Gasteiger partial charge in [-0.25, -0.2) is 0 Å². The lowest BCUT2D eigenvalue weighted by molar-refractivity contribution is -0.121. The Kier molecular flexibility index (Phi) is 4.68. The zero-order chi connectivity index (χ0) is 15.9. The maximum Gasteiger partial charge on any atom is 0.247 e. The molecule has 3 aromatic heterocycles. The molecule has 0 aliphatic carbocycles. The standard InChI is InChI=1S/C16H15N5O2/c22-14(19-11-13-3-1-2-8-18-13)4-5-15-20-21-16(23-15)12-6-9-17-10-7-12/h1-3,6-10H,4-5,11H2,(H,19,22). The predicted octanol–water partition coefficient (Wildman–Crippen LogP) is 1.78. The van der Waals surface area contributed by atoms with Gasteiger partial charge < -0.3 is 9.73 Å². The minimum atomic E-state index is -0.0840. The largest absolute Gasteiger partial charge is 0.421 e. The summed E-state index contributed by atoms with van der Waals surface area (Å²) in [6.45, 7) is 0.409. The Morgan fingerprint density at radius 2 is 1.96 bits per heavy atom. The minimum absolute atomic E-state index is 0.0840. The molecule has 0 fully saturated rings. The third-order valence-electron chi connectivity index (χ3n) is 3.15. The minimum Gasteiger partial charge on any atom is -0.421 e. The Hall–Kier alpha value is -3.09. The zero-order valence-electron chi connectivity index (χ0n) is 12.3. The van der Waals surface area contributed by atoms with Gasteiger partial charge in [-0.3, -0.25) is 14.8 Å². The first-order chi connectivity index (χ1) is 11.3. The van der Waals surface area contributed by atoms with Crippen LogP contribution in [-0.4, -0.2) is 26.1 Å². The van der Waals surface area contributed by atoms with Gasteiger partial charge in [0.25, 0.3) is 0 Å². The molecule has 7 heteroatoms. The van der Waals surface area contributed by atoms with E-state index in [1.807, 2.05) is 18.2 Å². The topological polar surface area (TPSA) is 93.8 Å². The van der Waals surface area contributed by atoms with Gasteiger partial charge in [0.15, 0.2) is 0 Å². The monoisotopic (exact) mass is 309 g/mol. The summed E-state index contributed by atoms with van der Waals surface area (Å²) in [7, 11) is 0. The number of nitrogens with one attached hydrogen (secondary N) is 1. The van der Waals surface area contributed by atoms with Gasteiger partial charge in [-0.2, -0.15) is 0 Å². The van der Waals surface area contributed by atoms with Crippen LogP contribution in [-0.2, 0) is 17.8 Å². The maximum atomic E-state index is 11.8. The predicted molar refractivity (Wildman–Crippen MR) is 81.9 cm³/mol. The molecule has 7 nitrogen and oxygen atoms in total. The summed E-state index contributed by atoms with van der Waals surface area (Å²) in [4.78, 5) is 19.9. The molecule has 3 rings (SSSR count). The van der Waals surface area contributed by atoms with Crippen molar-refractivity contribution < 1.29 is 9.21 Å². The molecule has 0 spiro atoms. The quantitative estimate of drug-likeness (QED) is 0.746. The average molecular weight is 309 g/mol. The molecule has 0 aromatic carbocycles. The first kappa shape index (κ1) is 14.8. The second-order valence-corrected chi connectivity index (χ2v) is 4.83. The first-order valence-corrected chi connectivity index (χ1v) is 7.20. The van der Waals surface area contributed by atoms with Crippen LogP contribution in [0.3, 0.4) is 0 Å². The van der Waals surface area contributed by atoms with Crippen LogP contribution in [0.2, 0.25) is 0 Å². The normalized spacial score (nSPS) is 10.4. The van der Waals surface area contributed by atoms with E-state index in [1.165, 1.54) is 0 Å². The maximum absolute atomic E-state index is 11.8. The molecule has 0 saturated carbocycles. The van der Waals surface area contributed by atoms with Crippen LogP contribution in [0.15, 0.2) is 53.3 Å². The highest BCUT2D eigenvalue weighted by Gasteiger charge is 2.10. The van der Waals surface area contributed by atoms with E-state index < -0.39 is 0 Å². The van der Waals surface area contributed by atoms with E-state index in [-0.39, 0.29) is 12.3 Å². The molecule has 0 aliphatic rings. The highest BCUT2D eigenvalue weighted by atomic mass is 16.4. The summed E-state index contributed by atoms with van der Waals surface area (Å²) < 4.78 is 5.54. The molecule has 0 radical (unpaired) electrons. The van der Waals surface area contributed by atoms with Crippen LogP contribution >= 0.6 is 0 Å². The number of rotatable bonds is 6. The number of nitrogens with zero attached hydrogens (tertiary/aromatic N) is 4. The number of carbonyl (C=O) groups is 1. The van der Waals surface area contributed by atoms with Crippen molar-refractivity contribution in [2.75, 3.05) is 0 Å². The van der Waals surface area contributed by atoms with Crippen molar-refractivity contribution in [2.45, 2.75) is 19.4 Å². The molecule has 3 heterocycles. The smallest absolute Gasteiger partial charge is 0.247 e. The molecule has 1 amide bonds. The second kappa shape index (κ2) is 7.26. The highest BCUT2D eigenvalue weighted by Crippen LogP contribution is 2.16. The molecule has 0 saturated heterocycles. The second-order valence-electron chi connectivity index (χ2n) is 4.83.